The van der Waals surface area contributed by atoms with E-state index in [1.807, 2.05) is 0 Å². The summed E-state index contributed by atoms with van der Waals surface area (Å²) in [4.78, 5) is 20.6. The smallest absolute Gasteiger partial charge is 0.430 e. The number of hydrogen-bond donors (Lipinski definition) is 0. The molecule has 0 aliphatic rings. The Hall–Kier alpha value is -1.58. The summed E-state index contributed by atoms with van der Waals surface area (Å²) in [5, 5.41) is 0. The average molecular weight is 198 g/mol. The molecule has 0 saturated heterocycles. The monoisotopic (exact) mass is 198 g/mol. The molecular weight excluding hydrogens is 184 g/mol. The molecule has 0 amide bonds. The standard InChI is InChI=1S/C10H14O4/c1-3-5-7-9(6-4-2)14-10(12)13-8-11/h3-4,8-9H,1-2,5-7H2. The Labute approximate surface area is 83.2 Å². The zero-order valence-corrected chi connectivity index (χ0v) is 7.98. The number of allylic oxidation sites excluding steroid dienone is 1. The van der Waals surface area contributed by atoms with Gasteiger partial charge in [-0.25, -0.2) is 4.79 Å². The van der Waals surface area contributed by atoms with Crippen LogP contribution in [0.4, 0.5) is 4.79 Å². The van der Waals surface area contributed by atoms with Crippen LogP contribution in [0.5, 0.6) is 0 Å². The summed E-state index contributed by atoms with van der Waals surface area (Å²) in [6.07, 6.45) is 3.98. The fraction of sp³-hybridized carbons (Fsp3) is 0.400. The third-order valence-corrected chi connectivity index (χ3v) is 1.53. The predicted molar refractivity (Wildman–Crippen MR) is 51.7 cm³/mol. The SMILES string of the molecule is C=CCCC(CC=C)OC(=O)OC=O. The van der Waals surface area contributed by atoms with Gasteiger partial charge in [0.05, 0.1) is 0 Å². The minimum Gasteiger partial charge on any atom is -0.430 e. The summed E-state index contributed by atoms with van der Waals surface area (Å²) < 4.78 is 8.82. The van der Waals surface area contributed by atoms with Gasteiger partial charge in [-0.3, -0.25) is 4.79 Å². The van der Waals surface area contributed by atoms with Crippen LogP contribution < -0.4 is 0 Å². The maximum atomic E-state index is 10.8. The molecule has 0 aromatic heterocycles. The maximum Gasteiger partial charge on any atom is 0.516 e. The molecule has 1 atom stereocenters. The number of carbonyl (C=O) groups excluding carboxylic acids is 2. The first-order valence-electron chi connectivity index (χ1n) is 4.27. The van der Waals surface area contributed by atoms with Gasteiger partial charge in [0.1, 0.15) is 6.10 Å². The minimum atomic E-state index is -0.976. The summed E-state index contributed by atoms with van der Waals surface area (Å²) in [6.45, 7) is 7.13. The van der Waals surface area contributed by atoms with E-state index in [4.69, 9.17) is 4.74 Å². The molecular formula is C10H14O4. The molecule has 0 N–H and O–H groups in total. The molecule has 0 aromatic carbocycles. The van der Waals surface area contributed by atoms with Gasteiger partial charge in [-0.2, -0.15) is 0 Å². The molecule has 78 valence electrons. The molecule has 4 heteroatoms. The highest BCUT2D eigenvalue weighted by molar-refractivity contribution is 5.69. The van der Waals surface area contributed by atoms with E-state index in [-0.39, 0.29) is 12.6 Å². The highest BCUT2D eigenvalue weighted by atomic mass is 16.7. The topological polar surface area (TPSA) is 52.6 Å². The van der Waals surface area contributed by atoms with Crippen molar-refractivity contribution >= 4 is 12.6 Å². The van der Waals surface area contributed by atoms with Crippen LogP contribution in [0.3, 0.4) is 0 Å². The lowest BCUT2D eigenvalue weighted by atomic mass is 10.1. The summed E-state index contributed by atoms with van der Waals surface area (Å²) >= 11 is 0. The molecule has 0 bridgehead atoms. The van der Waals surface area contributed by atoms with Gasteiger partial charge in [0, 0.05) is 6.42 Å². The van der Waals surface area contributed by atoms with E-state index in [0.717, 1.165) is 6.42 Å². The zero-order chi connectivity index (χ0) is 10.8. The van der Waals surface area contributed by atoms with Crippen molar-refractivity contribution in [3.8, 4) is 0 Å². The molecule has 0 aliphatic carbocycles. The van der Waals surface area contributed by atoms with Crippen molar-refractivity contribution in [2.75, 3.05) is 0 Å². The van der Waals surface area contributed by atoms with Crippen LogP contribution >= 0.6 is 0 Å². The second-order valence-corrected chi connectivity index (χ2v) is 2.59. The Bertz CT molecular complexity index is 210. The van der Waals surface area contributed by atoms with Crippen molar-refractivity contribution in [3.63, 3.8) is 0 Å². The zero-order valence-electron chi connectivity index (χ0n) is 7.98. The van der Waals surface area contributed by atoms with Crippen LogP contribution in [-0.2, 0) is 14.3 Å². The summed E-state index contributed by atoms with van der Waals surface area (Å²) in [6, 6.07) is 0. The second kappa shape index (κ2) is 8.04. The number of rotatable bonds is 7. The molecule has 0 aliphatic heterocycles. The van der Waals surface area contributed by atoms with E-state index < -0.39 is 6.16 Å². The second-order valence-electron chi connectivity index (χ2n) is 2.59. The molecule has 4 nitrogen and oxygen atoms in total. The van der Waals surface area contributed by atoms with Gasteiger partial charge in [0.15, 0.2) is 0 Å². The van der Waals surface area contributed by atoms with Crippen LogP contribution in [0.1, 0.15) is 19.3 Å². The highest BCUT2D eigenvalue weighted by Crippen LogP contribution is 2.08. The van der Waals surface area contributed by atoms with Crippen molar-refractivity contribution in [1.82, 2.24) is 0 Å². The molecule has 1 unspecified atom stereocenters. The lowest BCUT2D eigenvalue weighted by Gasteiger charge is -2.13. The number of ether oxygens (including phenoxy) is 2. The lowest BCUT2D eigenvalue weighted by molar-refractivity contribution is -0.126. The van der Waals surface area contributed by atoms with Crippen molar-refractivity contribution in [1.29, 1.82) is 0 Å². The Morgan fingerprint density at radius 3 is 2.57 bits per heavy atom. The van der Waals surface area contributed by atoms with Gasteiger partial charge in [-0.05, 0) is 12.8 Å². The molecule has 0 radical (unpaired) electrons. The molecule has 0 saturated carbocycles. The highest BCUT2D eigenvalue weighted by Gasteiger charge is 2.12. The van der Waals surface area contributed by atoms with Gasteiger partial charge in [0.25, 0.3) is 0 Å². The van der Waals surface area contributed by atoms with Crippen LogP contribution in [0.2, 0.25) is 0 Å². The van der Waals surface area contributed by atoms with Gasteiger partial charge < -0.3 is 9.47 Å². The molecule has 0 rings (SSSR count). The van der Waals surface area contributed by atoms with Gasteiger partial charge in [-0.1, -0.05) is 12.2 Å². The van der Waals surface area contributed by atoms with E-state index in [1.54, 1.807) is 12.2 Å². The summed E-state index contributed by atoms with van der Waals surface area (Å²) in [7, 11) is 0. The fourth-order valence-corrected chi connectivity index (χ4v) is 0.918. The van der Waals surface area contributed by atoms with Crippen molar-refractivity contribution < 1.29 is 19.1 Å². The lowest BCUT2D eigenvalue weighted by Crippen LogP contribution is -2.18. The Morgan fingerprint density at radius 2 is 2.07 bits per heavy atom. The predicted octanol–water partition coefficient (Wildman–Crippen LogP) is 2.21. The van der Waals surface area contributed by atoms with Crippen molar-refractivity contribution in [2.24, 2.45) is 0 Å². The number of carbonyl (C=O) groups is 2. The first-order chi connectivity index (χ1) is 6.74. The van der Waals surface area contributed by atoms with Crippen LogP contribution in [-0.4, -0.2) is 18.7 Å². The summed E-state index contributed by atoms with van der Waals surface area (Å²) in [5.41, 5.74) is 0. The Balaban J connectivity index is 3.92. The van der Waals surface area contributed by atoms with Crippen LogP contribution in [0, 0.1) is 0 Å². The molecule has 0 fully saturated rings. The van der Waals surface area contributed by atoms with Crippen LogP contribution in [0.25, 0.3) is 0 Å². The average Bonchev–Trinajstić information content (AvgIpc) is 2.15. The maximum absolute atomic E-state index is 10.8. The van der Waals surface area contributed by atoms with Gasteiger partial charge in [-0.15, -0.1) is 13.2 Å². The van der Waals surface area contributed by atoms with E-state index in [0.29, 0.717) is 12.8 Å². The normalized spacial score (nSPS) is 11.1. The van der Waals surface area contributed by atoms with E-state index in [1.165, 1.54) is 0 Å². The first kappa shape index (κ1) is 12.4. The minimum absolute atomic E-state index is 0.0425. The molecule has 0 aromatic rings. The van der Waals surface area contributed by atoms with Crippen molar-refractivity contribution in [2.45, 2.75) is 25.4 Å². The van der Waals surface area contributed by atoms with E-state index in [9.17, 15) is 9.59 Å². The third-order valence-electron chi connectivity index (χ3n) is 1.53. The molecule has 0 heterocycles. The van der Waals surface area contributed by atoms with E-state index >= 15 is 0 Å². The van der Waals surface area contributed by atoms with Crippen LogP contribution in [0.15, 0.2) is 25.3 Å². The summed E-state index contributed by atoms with van der Waals surface area (Å²) in [5.74, 6) is 0. The molecule has 14 heavy (non-hydrogen) atoms. The van der Waals surface area contributed by atoms with Gasteiger partial charge >= 0.3 is 12.6 Å². The first-order valence-corrected chi connectivity index (χ1v) is 4.27. The van der Waals surface area contributed by atoms with Gasteiger partial charge in [0.2, 0.25) is 0 Å². The third kappa shape index (κ3) is 5.99. The molecule has 0 spiro atoms. The van der Waals surface area contributed by atoms with E-state index in [2.05, 4.69) is 17.9 Å². The largest absolute Gasteiger partial charge is 0.516 e. The Kier molecular flexibility index (Phi) is 7.13. The number of hydrogen-bond acceptors (Lipinski definition) is 4. The van der Waals surface area contributed by atoms with Crippen molar-refractivity contribution in [3.05, 3.63) is 25.3 Å². The quantitative estimate of drug-likeness (QED) is 0.272. The Morgan fingerprint density at radius 1 is 1.36 bits per heavy atom. The fourth-order valence-electron chi connectivity index (χ4n) is 0.918.